The van der Waals surface area contributed by atoms with Crippen LogP contribution in [0.25, 0.3) is 5.69 Å². The van der Waals surface area contributed by atoms with Crippen LogP contribution in [0.1, 0.15) is 65.3 Å². The minimum absolute atomic E-state index is 0. The first kappa shape index (κ1) is 26.8. The number of benzene rings is 2. The van der Waals surface area contributed by atoms with Crippen molar-refractivity contribution in [2.24, 2.45) is 13.0 Å². The molecule has 1 N–H and O–H groups in total. The monoisotopic (exact) mass is 547 g/mol. The van der Waals surface area contributed by atoms with Crippen LogP contribution in [0.4, 0.5) is 0 Å². The van der Waals surface area contributed by atoms with Gasteiger partial charge in [-0.2, -0.15) is 14.5 Å². The molecule has 6 rings (SSSR count). The molecule has 4 aromatic rings. The van der Waals surface area contributed by atoms with Crippen LogP contribution in [0.15, 0.2) is 72.0 Å². The van der Waals surface area contributed by atoms with Crippen molar-refractivity contribution in [1.82, 2.24) is 23.9 Å². The first-order chi connectivity index (χ1) is 18.2. The summed E-state index contributed by atoms with van der Waals surface area (Å²) in [7, 11) is -1.79. The second-order valence-electron chi connectivity index (χ2n) is 10.4. The van der Waals surface area contributed by atoms with Crippen molar-refractivity contribution in [1.29, 1.82) is 0 Å². The predicted octanol–water partition coefficient (Wildman–Crippen LogP) is 4.59. The van der Waals surface area contributed by atoms with Gasteiger partial charge in [0.05, 0.1) is 28.7 Å². The highest BCUT2D eigenvalue weighted by Crippen LogP contribution is 2.55. The van der Waals surface area contributed by atoms with Crippen LogP contribution in [0.2, 0.25) is 0 Å². The summed E-state index contributed by atoms with van der Waals surface area (Å²) in [5, 5.41) is 18.6. The van der Waals surface area contributed by atoms with Gasteiger partial charge < -0.3 is 5.11 Å². The number of hydrogen-bond acceptors (Lipinski definition) is 5. The van der Waals surface area contributed by atoms with Crippen LogP contribution in [-0.2, 0) is 30.0 Å². The summed E-state index contributed by atoms with van der Waals surface area (Å²) >= 11 is 0. The van der Waals surface area contributed by atoms with E-state index in [0.29, 0.717) is 29.2 Å². The molecule has 1 fully saturated rings. The normalized spacial score (nSPS) is 21.9. The Morgan fingerprint density at radius 2 is 1.87 bits per heavy atom. The van der Waals surface area contributed by atoms with Gasteiger partial charge in [0.2, 0.25) is 10.0 Å². The lowest BCUT2D eigenvalue weighted by atomic mass is 10.0. The summed E-state index contributed by atoms with van der Waals surface area (Å²) < 4.78 is 32.1. The van der Waals surface area contributed by atoms with Gasteiger partial charge in [0.25, 0.3) is 0 Å². The zero-order valence-electron chi connectivity index (χ0n) is 21.2. The summed E-state index contributed by atoms with van der Waals surface area (Å²) in [6.07, 6.45) is 6.72. The molecule has 2 aromatic carbocycles. The fraction of sp³-hybridized carbons (Fsp3) is 0.345. The van der Waals surface area contributed by atoms with Crippen molar-refractivity contribution in [3.63, 3.8) is 0 Å². The molecule has 0 amide bonds. The topological polar surface area (TPSA) is 110 Å². The van der Waals surface area contributed by atoms with Gasteiger partial charge in [0.15, 0.2) is 0 Å². The number of aromatic nitrogens is 4. The molecule has 2 aliphatic rings. The average Bonchev–Trinajstić information content (AvgIpc) is 3.35. The lowest BCUT2D eigenvalue weighted by Gasteiger charge is -2.22. The van der Waals surface area contributed by atoms with E-state index in [1.165, 1.54) is 6.20 Å². The molecule has 3 atom stereocenters. The van der Waals surface area contributed by atoms with Crippen molar-refractivity contribution in [2.45, 2.75) is 50.5 Å². The summed E-state index contributed by atoms with van der Waals surface area (Å²) in [6, 6.07) is 14.8. The van der Waals surface area contributed by atoms with Crippen LogP contribution in [-0.4, -0.2) is 49.9 Å². The van der Waals surface area contributed by atoms with E-state index >= 15 is 0 Å². The number of hydrogen-bond donors (Lipinski definition) is 1. The number of carboxylic acid groups (broad SMARTS) is 1. The minimum atomic E-state index is -3.66. The minimum Gasteiger partial charge on any atom is -0.478 e. The Kier molecular flexibility index (Phi) is 6.94. The third kappa shape index (κ3) is 4.90. The van der Waals surface area contributed by atoms with Crippen LogP contribution in [0.5, 0.6) is 0 Å². The molecule has 204 valence electrons. The predicted molar refractivity (Wildman–Crippen MR) is 147 cm³/mol. The molecule has 2 aromatic heterocycles. The number of rotatable bonds is 6. The number of carbonyl (C=O) groups is 1. The fourth-order valence-electron chi connectivity index (χ4n) is 5.67. The van der Waals surface area contributed by atoms with Crippen molar-refractivity contribution < 1.29 is 18.3 Å². The van der Waals surface area contributed by atoms with E-state index in [4.69, 9.17) is 0 Å². The van der Waals surface area contributed by atoms with Crippen LogP contribution < -0.4 is 0 Å². The van der Waals surface area contributed by atoms with Gasteiger partial charge in [-0.15, -0.1) is 0 Å². The second kappa shape index (κ2) is 10.1. The highest BCUT2D eigenvalue weighted by molar-refractivity contribution is 7.89. The first-order valence-electron chi connectivity index (χ1n) is 12.7. The molecule has 10 heteroatoms. The molecule has 0 saturated heterocycles. The summed E-state index contributed by atoms with van der Waals surface area (Å²) in [4.78, 5) is 12.4. The zero-order valence-corrected chi connectivity index (χ0v) is 22.0. The Labute approximate surface area is 228 Å². The molecule has 1 saturated carbocycles. The molecule has 3 heterocycles. The van der Waals surface area contributed by atoms with Gasteiger partial charge in [-0.25, -0.2) is 17.9 Å². The molecule has 9 nitrogen and oxygen atoms in total. The van der Waals surface area contributed by atoms with E-state index < -0.39 is 16.0 Å². The standard InChI is InChI=1S/C28H29N5O4S.CH4/c1-18-10-20-7-3-4-9-26(20)38(36,37)32(15-18)16-19-6-5-8-22(11-19)33-27(25(14-30-33)28(34)35)24-12-23(24)21-13-29-31(2)17-21;/h3-9,11,13-14,17-18,23-24H,10,12,15-16H2,1-2H3,(H,34,35);1H4/t18-,23-,24+;/m0./s1. The molecule has 1 aliphatic heterocycles. The molecular formula is C29H33N5O4S. The highest BCUT2D eigenvalue weighted by Gasteiger charge is 2.45. The zero-order chi connectivity index (χ0) is 26.6. The smallest absolute Gasteiger partial charge is 0.339 e. The van der Waals surface area contributed by atoms with Crippen molar-refractivity contribution >= 4 is 16.0 Å². The number of carboxylic acids is 1. The van der Waals surface area contributed by atoms with E-state index in [1.54, 1.807) is 25.8 Å². The molecule has 1 aliphatic carbocycles. The van der Waals surface area contributed by atoms with Gasteiger partial charge in [-0.3, -0.25) is 4.68 Å². The average molecular weight is 548 g/mol. The summed E-state index contributed by atoms with van der Waals surface area (Å²) in [5.41, 5.74) is 4.31. The van der Waals surface area contributed by atoms with Gasteiger partial charge in [0, 0.05) is 32.3 Å². The Bertz CT molecular complexity index is 1640. The van der Waals surface area contributed by atoms with E-state index in [2.05, 4.69) is 17.1 Å². The summed E-state index contributed by atoms with van der Waals surface area (Å²) in [5.74, 6) is -0.640. The fourth-order valence-corrected chi connectivity index (χ4v) is 7.45. The van der Waals surface area contributed by atoms with Crippen molar-refractivity contribution in [3.05, 3.63) is 95.1 Å². The Morgan fingerprint density at radius 1 is 1.08 bits per heavy atom. The lowest BCUT2D eigenvalue weighted by Crippen LogP contribution is -2.32. The largest absolute Gasteiger partial charge is 0.478 e. The number of aryl methyl sites for hydroxylation is 1. The first-order valence-corrected chi connectivity index (χ1v) is 14.1. The quantitative estimate of drug-likeness (QED) is 0.378. The van der Waals surface area contributed by atoms with Crippen molar-refractivity contribution in [3.8, 4) is 5.69 Å². The van der Waals surface area contributed by atoms with E-state index in [0.717, 1.165) is 23.1 Å². The van der Waals surface area contributed by atoms with E-state index in [-0.39, 0.29) is 37.3 Å². The molecule has 0 bridgehead atoms. The molecular weight excluding hydrogens is 514 g/mol. The Balaban J connectivity index is 0.00000308. The molecule has 39 heavy (non-hydrogen) atoms. The Morgan fingerprint density at radius 3 is 2.62 bits per heavy atom. The molecule has 0 radical (unpaired) electrons. The van der Waals surface area contributed by atoms with Gasteiger partial charge in [0.1, 0.15) is 5.56 Å². The molecule has 0 spiro atoms. The lowest BCUT2D eigenvalue weighted by molar-refractivity contribution is 0.0695. The summed E-state index contributed by atoms with van der Waals surface area (Å²) in [6.45, 7) is 2.71. The number of fused-ring (bicyclic) bond motifs is 1. The molecule has 0 unspecified atom stereocenters. The highest BCUT2D eigenvalue weighted by atomic mass is 32.2. The van der Waals surface area contributed by atoms with Crippen LogP contribution in [0.3, 0.4) is 0 Å². The third-order valence-electron chi connectivity index (χ3n) is 7.52. The third-order valence-corrected chi connectivity index (χ3v) is 9.43. The second-order valence-corrected chi connectivity index (χ2v) is 12.3. The van der Waals surface area contributed by atoms with E-state index in [1.807, 2.05) is 55.8 Å². The van der Waals surface area contributed by atoms with Crippen LogP contribution in [0, 0.1) is 5.92 Å². The number of nitrogens with zero attached hydrogens (tertiary/aromatic N) is 5. The maximum Gasteiger partial charge on any atom is 0.339 e. The SMILES string of the molecule is C.C[C@H]1Cc2ccccc2S(=O)(=O)N(Cc2cccc(-n3ncc(C(=O)O)c3[C@@H]3C[C@H]3c3cnn(C)c3)c2)C1. The number of sulfonamides is 1. The van der Waals surface area contributed by atoms with Gasteiger partial charge >= 0.3 is 5.97 Å². The van der Waals surface area contributed by atoms with Crippen LogP contribution >= 0.6 is 0 Å². The van der Waals surface area contributed by atoms with Gasteiger partial charge in [-0.1, -0.05) is 44.7 Å². The maximum absolute atomic E-state index is 13.6. The Hall–Kier alpha value is -3.76. The van der Waals surface area contributed by atoms with Gasteiger partial charge in [-0.05, 0) is 59.6 Å². The van der Waals surface area contributed by atoms with Crippen molar-refractivity contribution in [2.75, 3.05) is 6.54 Å². The number of aromatic carboxylic acids is 1. The van der Waals surface area contributed by atoms with E-state index in [9.17, 15) is 18.3 Å². The maximum atomic E-state index is 13.6.